The summed E-state index contributed by atoms with van der Waals surface area (Å²) >= 11 is 0. The predicted molar refractivity (Wildman–Crippen MR) is 89.4 cm³/mol. The molecule has 0 saturated carbocycles. The Kier molecular flexibility index (Phi) is 3.19. The average Bonchev–Trinajstić information content (AvgIpc) is 3.09. The van der Waals surface area contributed by atoms with Crippen LogP contribution in [0.25, 0.3) is 22.3 Å². The third kappa shape index (κ3) is 2.29. The highest BCUT2D eigenvalue weighted by Gasteiger charge is 2.12. The molecule has 1 aliphatic rings. The van der Waals surface area contributed by atoms with E-state index in [0.717, 1.165) is 18.7 Å². The van der Waals surface area contributed by atoms with Gasteiger partial charge in [-0.3, -0.25) is 4.79 Å². The molecule has 0 N–H and O–H groups in total. The van der Waals surface area contributed by atoms with E-state index >= 15 is 0 Å². The molecular weight excluding hydrogens is 274 g/mol. The minimum absolute atomic E-state index is 0.000435. The monoisotopic (exact) mass is 291 g/mol. The maximum atomic E-state index is 12.2. The molecule has 3 aromatic rings. The van der Waals surface area contributed by atoms with Crippen molar-refractivity contribution in [2.75, 3.05) is 18.0 Å². The molecule has 22 heavy (non-hydrogen) atoms. The second kappa shape index (κ2) is 5.34. The van der Waals surface area contributed by atoms with Crippen molar-refractivity contribution < 1.29 is 4.42 Å². The standard InChI is InChI=1S/C19H17NO2/c21-17-13-19(22-18-6-2-1-5-16(17)18)14-7-9-15(10-8-14)20-11-3-4-12-20/h1-2,5-10,13H,3-4,11-12H2. The molecule has 4 rings (SSSR count). The van der Waals surface area contributed by atoms with Crippen LogP contribution >= 0.6 is 0 Å². The van der Waals surface area contributed by atoms with Crippen molar-refractivity contribution in [3.63, 3.8) is 0 Å². The lowest BCUT2D eigenvalue weighted by Gasteiger charge is -2.17. The summed E-state index contributed by atoms with van der Waals surface area (Å²) < 4.78 is 5.88. The zero-order valence-electron chi connectivity index (χ0n) is 12.3. The van der Waals surface area contributed by atoms with Crippen molar-refractivity contribution in [3.05, 3.63) is 64.8 Å². The molecule has 2 heterocycles. The van der Waals surface area contributed by atoms with E-state index in [-0.39, 0.29) is 5.43 Å². The van der Waals surface area contributed by atoms with Gasteiger partial charge in [0.05, 0.1) is 5.39 Å². The van der Waals surface area contributed by atoms with Gasteiger partial charge >= 0.3 is 0 Å². The highest BCUT2D eigenvalue weighted by molar-refractivity contribution is 5.78. The molecule has 0 spiro atoms. The van der Waals surface area contributed by atoms with E-state index < -0.39 is 0 Å². The van der Waals surface area contributed by atoms with Gasteiger partial charge in [-0.15, -0.1) is 0 Å². The van der Waals surface area contributed by atoms with Crippen molar-refractivity contribution in [1.29, 1.82) is 0 Å². The molecule has 1 fully saturated rings. The van der Waals surface area contributed by atoms with Crippen molar-refractivity contribution >= 4 is 16.7 Å². The molecule has 3 heteroatoms. The van der Waals surface area contributed by atoms with Gasteiger partial charge in [-0.25, -0.2) is 0 Å². The highest BCUT2D eigenvalue weighted by Crippen LogP contribution is 2.26. The zero-order valence-corrected chi connectivity index (χ0v) is 12.3. The van der Waals surface area contributed by atoms with Crippen LogP contribution in [0.1, 0.15) is 12.8 Å². The fourth-order valence-corrected chi connectivity index (χ4v) is 3.06. The third-order valence-corrected chi connectivity index (χ3v) is 4.26. The first kappa shape index (κ1) is 13.1. The van der Waals surface area contributed by atoms with Gasteiger partial charge in [0.1, 0.15) is 11.3 Å². The summed E-state index contributed by atoms with van der Waals surface area (Å²) in [6, 6.07) is 17.2. The average molecular weight is 291 g/mol. The largest absolute Gasteiger partial charge is 0.456 e. The summed E-state index contributed by atoms with van der Waals surface area (Å²) in [6.45, 7) is 2.26. The Balaban J connectivity index is 1.73. The number of benzene rings is 2. The topological polar surface area (TPSA) is 33.5 Å². The van der Waals surface area contributed by atoms with Crippen molar-refractivity contribution in [3.8, 4) is 11.3 Å². The first-order valence-electron chi connectivity index (χ1n) is 7.69. The normalized spacial score (nSPS) is 14.6. The van der Waals surface area contributed by atoms with E-state index in [1.807, 2.05) is 30.3 Å². The Morgan fingerprint density at radius 1 is 0.909 bits per heavy atom. The Morgan fingerprint density at radius 3 is 2.41 bits per heavy atom. The summed E-state index contributed by atoms with van der Waals surface area (Å²) in [7, 11) is 0. The van der Waals surface area contributed by atoms with E-state index in [2.05, 4.69) is 17.0 Å². The van der Waals surface area contributed by atoms with E-state index in [4.69, 9.17) is 4.42 Å². The molecule has 1 aliphatic heterocycles. The lowest BCUT2D eigenvalue weighted by atomic mass is 10.1. The molecule has 0 unspecified atom stereocenters. The molecule has 0 amide bonds. The van der Waals surface area contributed by atoms with Crippen LogP contribution < -0.4 is 10.3 Å². The maximum Gasteiger partial charge on any atom is 0.193 e. The van der Waals surface area contributed by atoms with Gasteiger partial charge < -0.3 is 9.32 Å². The van der Waals surface area contributed by atoms with Crippen LogP contribution in [0.5, 0.6) is 0 Å². The number of hydrogen-bond acceptors (Lipinski definition) is 3. The van der Waals surface area contributed by atoms with Gasteiger partial charge in [-0.2, -0.15) is 0 Å². The first-order valence-corrected chi connectivity index (χ1v) is 7.69. The van der Waals surface area contributed by atoms with Gasteiger partial charge in [-0.05, 0) is 49.2 Å². The molecule has 0 aliphatic carbocycles. The minimum atomic E-state index is 0.000435. The Hall–Kier alpha value is -2.55. The van der Waals surface area contributed by atoms with Gasteiger partial charge in [0.15, 0.2) is 5.43 Å². The fourth-order valence-electron chi connectivity index (χ4n) is 3.06. The van der Waals surface area contributed by atoms with Gasteiger partial charge in [0.2, 0.25) is 0 Å². The summed E-state index contributed by atoms with van der Waals surface area (Å²) in [6.07, 6.45) is 2.53. The molecule has 110 valence electrons. The third-order valence-electron chi connectivity index (χ3n) is 4.26. The summed E-state index contributed by atoms with van der Waals surface area (Å²) in [5.74, 6) is 0.622. The van der Waals surface area contributed by atoms with Crippen LogP contribution in [-0.4, -0.2) is 13.1 Å². The number of para-hydroxylation sites is 1. The van der Waals surface area contributed by atoms with Crippen LogP contribution in [0.2, 0.25) is 0 Å². The van der Waals surface area contributed by atoms with E-state index in [1.54, 1.807) is 12.1 Å². The van der Waals surface area contributed by atoms with Crippen molar-refractivity contribution in [2.45, 2.75) is 12.8 Å². The second-order valence-corrected chi connectivity index (χ2v) is 5.71. The van der Waals surface area contributed by atoms with E-state index in [1.165, 1.54) is 18.5 Å². The van der Waals surface area contributed by atoms with Crippen LogP contribution in [0, 0.1) is 0 Å². The molecule has 0 atom stereocenters. The molecular formula is C19H17NO2. The van der Waals surface area contributed by atoms with Crippen LogP contribution in [-0.2, 0) is 0 Å². The molecule has 0 bridgehead atoms. The van der Waals surface area contributed by atoms with Crippen molar-refractivity contribution in [1.82, 2.24) is 0 Å². The van der Waals surface area contributed by atoms with Gasteiger partial charge in [-0.1, -0.05) is 12.1 Å². The van der Waals surface area contributed by atoms with Crippen molar-refractivity contribution in [2.24, 2.45) is 0 Å². The Labute approximate surface area is 128 Å². The summed E-state index contributed by atoms with van der Waals surface area (Å²) in [5, 5.41) is 0.625. The minimum Gasteiger partial charge on any atom is -0.456 e. The quantitative estimate of drug-likeness (QED) is 0.714. The lowest BCUT2D eigenvalue weighted by Crippen LogP contribution is -2.17. The number of nitrogens with zero attached hydrogens (tertiary/aromatic N) is 1. The molecule has 0 radical (unpaired) electrons. The molecule has 1 saturated heterocycles. The molecule has 3 nitrogen and oxygen atoms in total. The Bertz CT molecular complexity index is 858. The lowest BCUT2D eigenvalue weighted by molar-refractivity contribution is 0.619. The number of rotatable bonds is 2. The van der Waals surface area contributed by atoms with Crippen LogP contribution in [0.3, 0.4) is 0 Å². The zero-order chi connectivity index (χ0) is 14.9. The predicted octanol–water partition coefficient (Wildman–Crippen LogP) is 4.06. The summed E-state index contributed by atoms with van der Waals surface area (Å²) in [4.78, 5) is 14.6. The van der Waals surface area contributed by atoms with Crippen LogP contribution in [0.15, 0.2) is 63.8 Å². The maximum absolute atomic E-state index is 12.2. The molecule has 1 aromatic heterocycles. The number of anilines is 1. The fraction of sp³-hybridized carbons (Fsp3) is 0.211. The smallest absolute Gasteiger partial charge is 0.193 e. The van der Waals surface area contributed by atoms with E-state index in [9.17, 15) is 4.79 Å². The van der Waals surface area contributed by atoms with Gasteiger partial charge in [0.25, 0.3) is 0 Å². The number of hydrogen-bond donors (Lipinski definition) is 0. The summed E-state index contributed by atoms with van der Waals surface area (Å²) in [5.41, 5.74) is 2.81. The van der Waals surface area contributed by atoms with Crippen LogP contribution in [0.4, 0.5) is 5.69 Å². The second-order valence-electron chi connectivity index (χ2n) is 5.71. The van der Waals surface area contributed by atoms with E-state index in [0.29, 0.717) is 16.7 Å². The van der Waals surface area contributed by atoms with Gasteiger partial charge in [0, 0.05) is 30.4 Å². The Morgan fingerprint density at radius 2 is 1.64 bits per heavy atom. The first-order chi connectivity index (χ1) is 10.8. The SMILES string of the molecule is O=c1cc(-c2ccc(N3CCCC3)cc2)oc2ccccc12. The number of fused-ring (bicyclic) bond motifs is 1. The molecule has 2 aromatic carbocycles. The highest BCUT2D eigenvalue weighted by atomic mass is 16.3.